The van der Waals surface area contributed by atoms with Crippen molar-refractivity contribution >= 4 is 11.8 Å². The summed E-state index contributed by atoms with van der Waals surface area (Å²) in [5.41, 5.74) is 1.88. The van der Waals surface area contributed by atoms with Crippen molar-refractivity contribution in [1.82, 2.24) is 0 Å². The van der Waals surface area contributed by atoms with Crippen LogP contribution in [0, 0.1) is 6.92 Å². The average molecular weight is 206 g/mol. The number of carbonyl (C=O) groups is 1. The summed E-state index contributed by atoms with van der Waals surface area (Å²) in [6, 6.07) is 7.55. The highest BCUT2D eigenvalue weighted by Crippen LogP contribution is 2.09. The van der Waals surface area contributed by atoms with Crippen LogP contribution in [0.4, 0.5) is 10.5 Å². The molecule has 1 aromatic rings. The number of amides is 1. The van der Waals surface area contributed by atoms with Crippen molar-refractivity contribution in [2.45, 2.75) is 19.8 Å². The molecule has 0 atom stereocenters. The summed E-state index contributed by atoms with van der Waals surface area (Å²) >= 11 is 0. The fourth-order valence-corrected chi connectivity index (χ4v) is 1.10. The van der Waals surface area contributed by atoms with E-state index in [-0.39, 0.29) is 0 Å². The first-order valence-corrected chi connectivity index (χ1v) is 5.08. The third-order valence-corrected chi connectivity index (χ3v) is 1.93. The zero-order valence-electron chi connectivity index (χ0n) is 8.95. The molecule has 15 heavy (non-hydrogen) atoms. The van der Waals surface area contributed by atoms with E-state index in [0.29, 0.717) is 6.61 Å². The molecular weight excluding hydrogens is 190 g/mol. The third-order valence-electron chi connectivity index (χ3n) is 1.93. The van der Waals surface area contributed by atoms with Gasteiger partial charge in [0.1, 0.15) is 0 Å². The quantitative estimate of drug-likeness (QED) is 0.822. The van der Waals surface area contributed by atoms with Gasteiger partial charge in [0, 0.05) is 5.69 Å². The number of rotatable bonds is 4. The minimum absolute atomic E-state index is 0.403. The molecule has 0 aliphatic carbocycles. The summed E-state index contributed by atoms with van der Waals surface area (Å²) < 4.78 is 4.89. The van der Waals surface area contributed by atoms with Gasteiger partial charge in [0.2, 0.25) is 0 Å². The van der Waals surface area contributed by atoms with Gasteiger partial charge in [-0.15, -0.1) is 0 Å². The third kappa shape index (κ3) is 4.02. The summed E-state index contributed by atoms with van der Waals surface area (Å²) in [5, 5.41) is 2.65. The van der Waals surface area contributed by atoms with E-state index < -0.39 is 6.09 Å². The fourth-order valence-electron chi connectivity index (χ4n) is 1.10. The molecule has 1 rings (SSSR count). The Morgan fingerprint density at radius 2 is 2.07 bits per heavy atom. The number of hydrogen-bond acceptors (Lipinski definition) is 2. The van der Waals surface area contributed by atoms with Crippen molar-refractivity contribution in [3.8, 4) is 0 Å². The molecular formula is C12H16NO2. The van der Waals surface area contributed by atoms with E-state index in [2.05, 4.69) is 12.2 Å². The molecule has 0 saturated carbocycles. The molecule has 1 radical (unpaired) electrons. The lowest BCUT2D eigenvalue weighted by Crippen LogP contribution is -2.13. The lowest BCUT2D eigenvalue weighted by molar-refractivity contribution is 0.161. The van der Waals surface area contributed by atoms with Crippen LogP contribution in [0.5, 0.6) is 0 Å². The van der Waals surface area contributed by atoms with Gasteiger partial charge < -0.3 is 4.74 Å². The van der Waals surface area contributed by atoms with Crippen LogP contribution in [0.1, 0.15) is 18.9 Å². The Morgan fingerprint density at radius 3 is 2.60 bits per heavy atom. The van der Waals surface area contributed by atoms with Gasteiger partial charge in [0.15, 0.2) is 0 Å². The van der Waals surface area contributed by atoms with Crippen LogP contribution in [-0.2, 0) is 11.2 Å². The van der Waals surface area contributed by atoms with Gasteiger partial charge >= 0.3 is 6.09 Å². The fraction of sp³-hybridized carbons (Fsp3) is 0.333. The first kappa shape index (κ1) is 11.6. The first-order chi connectivity index (χ1) is 7.26. The van der Waals surface area contributed by atoms with Crippen molar-refractivity contribution in [1.29, 1.82) is 0 Å². The predicted molar refractivity (Wildman–Crippen MR) is 60.8 cm³/mol. The molecule has 0 aliphatic rings. The molecule has 3 heteroatoms. The van der Waals surface area contributed by atoms with Crippen molar-refractivity contribution < 1.29 is 9.53 Å². The van der Waals surface area contributed by atoms with Gasteiger partial charge in [0.05, 0.1) is 6.61 Å². The second-order valence-corrected chi connectivity index (χ2v) is 3.21. The smallest absolute Gasteiger partial charge is 0.411 e. The van der Waals surface area contributed by atoms with E-state index in [1.165, 1.54) is 0 Å². The van der Waals surface area contributed by atoms with Crippen LogP contribution >= 0.6 is 0 Å². The summed E-state index contributed by atoms with van der Waals surface area (Å²) in [6.07, 6.45) is 1.17. The van der Waals surface area contributed by atoms with E-state index >= 15 is 0 Å². The second-order valence-electron chi connectivity index (χ2n) is 3.21. The minimum atomic E-state index is -0.403. The van der Waals surface area contributed by atoms with Crippen LogP contribution in [0.25, 0.3) is 0 Å². The number of nitrogens with one attached hydrogen (secondary N) is 1. The number of benzene rings is 1. The van der Waals surface area contributed by atoms with Crippen LogP contribution in [0.2, 0.25) is 0 Å². The summed E-state index contributed by atoms with van der Waals surface area (Å²) in [6.45, 7) is 6.18. The second kappa shape index (κ2) is 6.06. The Balaban J connectivity index is 2.46. The highest BCUT2D eigenvalue weighted by Gasteiger charge is 2.01. The number of carbonyl (C=O) groups excluding carboxylic acids is 1. The van der Waals surface area contributed by atoms with Gasteiger partial charge in [-0.05, 0) is 37.5 Å². The molecule has 0 spiro atoms. The maximum atomic E-state index is 11.2. The topological polar surface area (TPSA) is 38.3 Å². The highest BCUT2D eigenvalue weighted by molar-refractivity contribution is 5.84. The molecule has 0 unspecified atom stereocenters. The maximum absolute atomic E-state index is 11.2. The summed E-state index contributed by atoms with van der Waals surface area (Å²) in [7, 11) is 0. The molecule has 0 saturated heterocycles. The summed E-state index contributed by atoms with van der Waals surface area (Å²) in [5.74, 6) is 0. The zero-order chi connectivity index (χ0) is 11.1. The Kier molecular flexibility index (Phi) is 4.68. The van der Waals surface area contributed by atoms with Crippen LogP contribution in [0.15, 0.2) is 24.3 Å². The van der Waals surface area contributed by atoms with Gasteiger partial charge in [-0.25, -0.2) is 4.79 Å². The van der Waals surface area contributed by atoms with Crippen LogP contribution in [0.3, 0.4) is 0 Å². The van der Waals surface area contributed by atoms with Gasteiger partial charge in [-0.3, -0.25) is 5.32 Å². The van der Waals surface area contributed by atoms with Crippen molar-refractivity contribution in [3.05, 3.63) is 36.8 Å². The minimum Gasteiger partial charge on any atom is -0.449 e. The Bertz CT molecular complexity index is 306. The average Bonchev–Trinajstić information content (AvgIpc) is 2.27. The standard InChI is InChI=1S/C12H16NO2/c1-3-9-15-12(14)13-11-7-5-10(4-2)6-8-11/h5-8H,2-4,9H2,1H3,(H,13,14). The molecule has 0 aromatic heterocycles. The van der Waals surface area contributed by atoms with Crippen LogP contribution in [-0.4, -0.2) is 12.7 Å². The Morgan fingerprint density at radius 1 is 1.40 bits per heavy atom. The molecule has 0 bridgehead atoms. The van der Waals surface area contributed by atoms with Crippen molar-refractivity contribution in [2.75, 3.05) is 11.9 Å². The molecule has 0 fully saturated rings. The largest absolute Gasteiger partial charge is 0.449 e. The lowest BCUT2D eigenvalue weighted by atomic mass is 10.1. The van der Waals surface area contributed by atoms with Gasteiger partial charge in [-0.2, -0.15) is 0 Å². The molecule has 81 valence electrons. The predicted octanol–water partition coefficient (Wildman–Crippen LogP) is 3.02. The van der Waals surface area contributed by atoms with E-state index in [4.69, 9.17) is 4.74 Å². The first-order valence-electron chi connectivity index (χ1n) is 5.08. The molecule has 0 aliphatic heterocycles. The molecule has 3 nitrogen and oxygen atoms in total. The van der Waals surface area contributed by atoms with Gasteiger partial charge in [0.25, 0.3) is 0 Å². The molecule has 1 N–H and O–H groups in total. The molecule has 0 heterocycles. The molecule has 1 amide bonds. The number of anilines is 1. The Hall–Kier alpha value is -1.51. The van der Waals surface area contributed by atoms with Crippen LogP contribution < -0.4 is 5.32 Å². The highest BCUT2D eigenvalue weighted by atomic mass is 16.5. The monoisotopic (exact) mass is 206 g/mol. The van der Waals surface area contributed by atoms with E-state index in [0.717, 1.165) is 24.1 Å². The van der Waals surface area contributed by atoms with E-state index in [1.54, 1.807) is 0 Å². The number of ether oxygens (including phenoxy) is 1. The normalized spacial score (nSPS) is 9.73. The van der Waals surface area contributed by atoms with Crippen molar-refractivity contribution in [2.24, 2.45) is 0 Å². The maximum Gasteiger partial charge on any atom is 0.411 e. The SMILES string of the molecule is [CH2]Cc1ccc(NC(=O)OCCC)cc1. The molecule has 1 aromatic carbocycles. The summed E-state index contributed by atoms with van der Waals surface area (Å²) in [4.78, 5) is 11.2. The van der Waals surface area contributed by atoms with E-state index in [9.17, 15) is 4.79 Å². The van der Waals surface area contributed by atoms with Gasteiger partial charge in [-0.1, -0.05) is 19.1 Å². The lowest BCUT2D eigenvalue weighted by Gasteiger charge is -2.06. The zero-order valence-corrected chi connectivity index (χ0v) is 8.95. The van der Waals surface area contributed by atoms with Crippen molar-refractivity contribution in [3.63, 3.8) is 0 Å². The number of hydrogen-bond donors (Lipinski definition) is 1. The Labute approximate surface area is 90.4 Å². The van der Waals surface area contributed by atoms with E-state index in [1.807, 2.05) is 31.2 Å².